The van der Waals surface area contributed by atoms with Crippen LogP contribution in [-0.2, 0) is 0 Å². The maximum Gasteiger partial charge on any atom is 0.267 e. The van der Waals surface area contributed by atoms with E-state index in [4.69, 9.17) is 11.6 Å². The van der Waals surface area contributed by atoms with Crippen LogP contribution in [0.4, 0.5) is 0 Å². The first kappa shape index (κ1) is 10.4. The number of aromatic nitrogens is 2. The number of amides is 1. The number of rotatable bonds is 3. The molecule has 0 radical (unpaired) electrons. The van der Waals surface area contributed by atoms with Gasteiger partial charge in [-0.25, -0.2) is 0 Å². The smallest absolute Gasteiger partial charge is 0.267 e. The Labute approximate surface area is 85.7 Å². The SMILES string of the molecule is CC(CCl)N(C)C(=O)c1cnns1. The zero-order chi connectivity index (χ0) is 9.84. The van der Waals surface area contributed by atoms with Gasteiger partial charge >= 0.3 is 0 Å². The van der Waals surface area contributed by atoms with Crippen molar-refractivity contribution in [1.29, 1.82) is 0 Å². The summed E-state index contributed by atoms with van der Waals surface area (Å²) < 4.78 is 3.62. The van der Waals surface area contributed by atoms with Gasteiger partial charge in [-0.3, -0.25) is 4.79 Å². The molecule has 4 nitrogen and oxygen atoms in total. The summed E-state index contributed by atoms with van der Waals surface area (Å²) in [7, 11) is 1.72. The average Bonchev–Trinajstić information content (AvgIpc) is 2.67. The second-order valence-corrected chi connectivity index (χ2v) is 3.80. The van der Waals surface area contributed by atoms with Gasteiger partial charge in [0, 0.05) is 19.0 Å². The summed E-state index contributed by atoms with van der Waals surface area (Å²) in [6.45, 7) is 1.89. The van der Waals surface area contributed by atoms with Crippen LogP contribution in [-0.4, -0.2) is 39.4 Å². The van der Waals surface area contributed by atoms with Gasteiger partial charge in [0.1, 0.15) is 4.88 Å². The molecule has 0 spiro atoms. The van der Waals surface area contributed by atoms with Crippen molar-refractivity contribution in [2.45, 2.75) is 13.0 Å². The van der Waals surface area contributed by atoms with Gasteiger partial charge in [0.05, 0.1) is 6.20 Å². The fourth-order valence-electron chi connectivity index (χ4n) is 0.739. The molecular formula is C7H10ClN3OS. The highest BCUT2D eigenvalue weighted by Gasteiger charge is 2.18. The van der Waals surface area contributed by atoms with Crippen LogP contribution < -0.4 is 0 Å². The van der Waals surface area contributed by atoms with Gasteiger partial charge in [-0.15, -0.1) is 16.7 Å². The molecule has 0 saturated heterocycles. The molecule has 1 aromatic heterocycles. The van der Waals surface area contributed by atoms with Crippen LogP contribution in [0.15, 0.2) is 6.20 Å². The minimum Gasteiger partial charge on any atom is -0.337 e. The monoisotopic (exact) mass is 219 g/mol. The number of hydrogen-bond donors (Lipinski definition) is 0. The highest BCUT2D eigenvalue weighted by Crippen LogP contribution is 2.09. The quantitative estimate of drug-likeness (QED) is 0.719. The van der Waals surface area contributed by atoms with Gasteiger partial charge in [0.2, 0.25) is 0 Å². The lowest BCUT2D eigenvalue weighted by atomic mass is 10.3. The van der Waals surface area contributed by atoms with Crippen molar-refractivity contribution in [3.8, 4) is 0 Å². The maximum atomic E-state index is 11.6. The lowest BCUT2D eigenvalue weighted by Crippen LogP contribution is -2.35. The molecule has 1 amide bonds. The van der Waals surface area contributed by atoms with Crippen LogP contribution >= 0.6 is 23.1 Å². The zero-order valence-corrected chi connectivity index (χ0v) is 8.97. The molecule has 13 heavy (non-hydrogen) atoms. The molecule has 1 aromatic rings. The molecule has 0 aliphatic rings. The molecule has 1 heterocycles. The van der Waals surface area contributed by atoms with E-state index in [1.807, 2.05) is 6.92 Å². The fraction of sp³-hybridized carbons (Fsp3) is 0.571. The Kier molecular flexibility index (Phi) is 3.62. The summed E-state index contributed by atoms with van der Waals surface area (Å²) in [4.78, 5) is 13.7. The normalized spacial score (nSPS) is 12.5. The molecule has 0 fully saturated rings. The Bertz CT molecular complexity index is 277. The highest BCUT2D eigenvalue weighted by atomic mass is 35.5. The molecule has 0 saturated carbocycles. The van der Waals surface area contributed by atoms with E-state index in [-0.39, 0.29) is 11.9 Å². The predicted molar refractivity (Wildman–Crippen MR) is 52.2 cm³/mol. The largest absolute Gasteiger partial charge is 0.337 e. The first-order valence-corrected chi connectivity index (χ1v) is 5.08. The first-order chi connectivity index (χ1) is 6.16. The summed E-state index contributed by atoms with van der Waals surface area (Å²) in [5, 5.41) is 3.60. The van der Waals surface area contributed by atoms with E-state index in [1.165, 1.54) is 6.20 Å². The molecule has 0 aromatic carbocycles. The van der Waals surface area contributed by atoms with Crippen LogP contribution in [0, 0.1) is 0 Å². The van der Waals surface area contributed by atoms with E-state index < -0.39 is 0 Å². The van der Waals surface area contributed by atoms with E-state index in [9.17, 15) is 4.79 Å². The van der Waals surface area contributed by atoms with E-state index in [0.717, 1.165) is 11.5 Å². The average molecular weight is 220 g/mol. The Hall–Kier alpha value is -0.680. The van der Waals surface area contributed by atoms with Crippen molar-refractivity contribution in [2.75, 3.05) is 12.9 Å². The molecule has 0 aliphatic heterocycles. The Balaban J connectivity index is 2.68. The van der Waals surface area contributed by atoms with Crippen molar-refractivity contribution in [3.63, 3.8) is 0 Å². The second-order valence-electron chi connectivity index (χ2n) is 2.70. The summed E-state index contributed by atoms with van der Waals surface area (Å²) >= 11 is 6.72. The third kappa shape index (κ3) is 2.38. The number of halogens is 1. The van der Waals surface area contributed by atoms with Crippen LogP contribution in [0.1, 0.15) is 16.6 Å². The lowest BCUT2D eigenvalue weighted by molar-refractivity contribution is 0.0761. The van der Waals surface area contributed by atoms with Crippen LogP contribution in [0.5, 0.6) is 0 Å². The molecule has 1 rings (SSSR count). The molecular weight excluding hydrogens is 210 g/mol. The first-order valence-electron chi connectivity index (χ1n) is 3.77. The third-order valence-electron chi connectivity index (χ3n) is 1.78. The standard InChI is InChI=1S/C7H10ClN3OS/c1-5(3-8)11(2)7(12)6-4-9-10-13-6/h4-5H,3H2,1-2H3. The summed E-state index contributed by atoms with van der Waals surface area (Å²) in [5.74, 6) is 0.345. The maximum absolute atomic E-state index is 11.6. The molecule has 0 N–H and O–H groups in total. The minimum atomic E-state index is -0.0804. The summed E-state index contributed by atoms with van der Waals surface area (Å²) in [6, 6.07) is 0.0243. The van der Waals surface area contributed by atoms with E-state index in [0.29, 0.717) is 10.8 Å². The van der Waals surface area contributed by atoms with Crippen LogP contribution in [0.25, 0.3) is 0 Å². The molecule has 6 heteroatoms. The Morgan fingerprint density at radius 3 is 3.00 bits per heavy atom. The van der Waals surface area contributed by atoms with Crippen molar-refractivity contribution >= 4 is 29.0 Å². The Morgan fingerprint density at radius 1 is 1.85 bits per heavy atom. The second kappa shape index (κ2) is 4.53. The van der Waals surface area contributed by atoms with E-state index in [1.54, 1.807) is 11.9 Å². The third-order valence-corrected chi connectivity index (χ3v) is 2.88. The van der Waals surface area contributed by atoms with Crippen LogP contribution in [0.3, 0.4) is 0 Å². The lowest BCUT2D eigenvalue weighted by Gasteiger charge is -2.21. The van der Waals surface area contributed by atoms with Crippen molar-refractivity contribution < 1.29 is 4.79 Å². The number of hydrogen-bond acceptors (Lipinski definition) is 4. The van der Waals surface area contributed by atoms with E-state index >= 15 is 0 Å². The fourth-order valence-corrected chi connectivity index (χ4v) is 1.44. The van der Waals surface area contributed by atoms with Gasteiger partial charge in [-0.05, 0) is 18.5 Å². The zero-order valence-electron chi connectivity index (χ0n) is 7.40. The predicted octanol–water partition coefficient (Wildman–Crippen LogP) is 1.24. The topological polar surface area (TPSA) is 46.1 Å². The van der Waals surface area contributed by atoms with Crippen LogP contribution in [0.2, 0.25) is 0 Å². The number of nitrogens with zero attached hydrogens (tertiary/aromatic N) is 3. The Morgan fingerprint density at radius 2 is 2.54 bits per heavy atom. The molecule has 72 valence electrons. The number of carbonyl (C=O) groups is 1. The molecule has 0 bridgehead atoms. The van der Waals surface area contributed by atoms with Gasteiger partial charge < -0.3 is 4.90 Å². The van der Waals surface area contributed by atoms with Gasteiger partial charge in [0.25, 0.3) is 5.91 Å². The molecule has 1 unspecified atom stereocenters. The minimum absolute atomic E-state index is 0.0243. The van der Waals surface area contributed by atoms with Crippen molar-refractivity contribution in [3.05, 3.63) is 11.1 Å². The van der Waals surface area contributed by atoms with E-state index in [2.05, 4.69) is 9.59 Å². The summed E-state index contributed by atoms with van der Waals surface area (Å²) in [6.07, 6.45) is 1.46. The number of alkyl halides is 1. The summed E-state index contributed by atoms with van der Waals surface area (Å²) in [5.41, 5.74) is 0. The van der Waals surface area contributed by atoms with Gasteiger partial charge in [0.15, 0.2) is 0 Å². The number of carbonyl (C=O) groups excluding carboxylic acids is 1. The highest BCUT2D eigenvalue weighted by molar-refractivity contribution is 7.07. The van der Waals surface area contributed by atoms with Gasteiger partial charge in [-0.1, -0.05) is 4.49 Å². The molecule has 0 aliphatic carbocycles. The van der Waals surface area contributed by atoms with Gasteiger partial charge in [-0.2, -0.15) is 0 Å². The van der Waals surface area contributed by atoms with Crippen molar-refractivity contribution in [1.82, 2.24) is 14.5 Å². The van der Waals surface area contributed by atoms with Crippen molar-refractivity contribution in [2.24, 2.45) is 0 Å². The molecule has 1 atom stereocenters.